The molecule has 0 unspecified atom stereocenters. The highest BCUT2D eigenvalue weighted by molar-refractivity contribution is 6.30. The summed E-state index contributed by atoms with van der Waals surface area (Å²) in [5, 5.41) is 0.697. The summed E-state index contributed by atoms with van der Waals surface area (Å²) in [5.74, 6) is 2.32. The fourth-order valence-electron chi connectivity index (χ4n) is 3.38. The minimum Gasteiger partial charge on any atom is -0.493 e. The zero-order chi connectivity index (χ0) is 20.8. The predicted octanol–water partition coefficient (Wildman–Crippen LogP) is 4.85. The molecule has 0 N–H and O–H groups in total. The summed E-state index contributed by atoms with van der Waals surface area (Å²) in [4.78, 5) is 6.92. The van der Waals surface area contributed by atoms with E-state index >= 15 is 0 Å². The number of ether oxygens (including phenoxy) is 3. The van der Waals surface area contributed by atoms with Crippen molar-refractivity contribution in [1.29, 1.82) is 0 Å². The quantitative estimate of drug-likeness (QED) is 0.478. The van der Waals surface area contributed by atoms with Crippen LogP contribution in [-0.4, -0.2) is 45.0 Å². The second kappa shape index (κ2) is 9.87. The average molecular weight is 429 g/mol. The Kier molecular flexibility index (Phi) is 6.77. The number of methoxy groups -OCH3 is 1. The fourth-order valence-corrected chi connectivity index (χ4v) is 3.51. The van der Waals surface area contributed by atoms with Gasteiger partial charge in [-0.2, -0.15) is 4.98 Å². The number of rotatable bonds is 8. The molecule has 7 heteroatoms. The third kappa shape index (κ3) is 4.89. The molecule has 0 aliphatic carbocycles. The average Bonchev–Trinajstić information content (AvgIpc) is 3.22. The van der Waals surface area contributed by atoms with Crippen molar-refractivity contribution >= 4 is 17.6 Å². The molecule has 0 bridgehead atoms. The first-order valence-electron chi connectivity index (χ1n) is 10.1. The van der Waals surface area contributed by atoms with Crippen LogP contribution in [0.5, 0.6) is 11.5 Å². The van der Waals surface area contributed by atoms with Gasteiger partial charge in [-0.1, -0.05) is 35.9 Å². The third-order valence-electron chi connectivity index (χ3n) is 4.96. The Hall–Kier alpha value is -2.70. The lowest BCUT2D eigenvalue weighted by molar-refractivity contribution is 0.120. The highest BCUT2D eigenvalue weighted by Gasteiger charge is 2.21. The first kappa shape index (κ1) is 20.6. The van der Waals surface area contributed by atoms with Crippen LogP contribution >= 0.6 is 11.6 Å². The molecule has 0 atom stereocenters. The van der Waals surface area contributed by atoms with Gasteiger partial charge in [0.15, 0.2) is 11.5 Å². The minimum absolute atomic E-state index is 0.550. The molecule has 0 radical (unpaired) electrons. The van der Waals surface area contributed by atoms with Crippen LogP contribution in [0.25, 0.3) is 11.3 Å². The van der Waals surface area contributed by atoms with Crippen LogP contribution in [-0.2, 0) is 11.2 Å². The van der Waals surface area contributed by atoms with E-state index in [4.69, 9.17) is 35.2 Å². The molecule has 1 aliphatic rings. The molecule has 0 saturated carbocycles. The van der Waals surface area contributed by atoms with E-state index in [0.29, 0.717) is 37.3 Å². The summed E-state index contributed by atoms with van der Waals surface area (Å²) in [6.45, 7) is 3.46. The van der Waals surface area contributed by atoms with Crippen molar-refractivity contribution in [1.82, 2.24) is 4.98 Å². The number of oxazole rings is 1. The van der Waals surface area contributed by atoms with Gasteiger partial charge in [0.2, 0.25) is 0 Å². The van der Waals surface area contributed by atoms with Gasteiger partial charge in [0, 0.05) is 30.1 Å². The lowest BCUT2D eigenvalue weighted by atomic mass is 10.1. The van der Waals surface area contributed by atoms with Crippen molar-refractivity contribution in [3.63, 3.8) is 0 Å². The first-order valence-corrected chi connectivity index (χ1v) is 10.5. The van der Waals surface area contributed by atoms with Crippen molar-refractivity contribution in [2.24, 2.45) is 0 Å². The van der Waals surface area contributed by atoms with Gasteiger partial charge < -0.3 is 23.5 Å². The number of para-hydroxylation sites is 2. The van der Waals surface area contributed by atoms with Gasteiger partial charge in [-0.05, 0) is 30.7 Å². The number of benzene rings is 2. The molecule has 2 heterocycles. The maximum Gasteiger partial charge on any atom is 0.298 e. The molecule has 158 valence electrons. The van der Waals surface area contributed by atoms with E-state index in [1.165, 1.54) is 0 Å². The zero-order valence-corrected chi connectivity index (χ0v) is 17.7. The predicted molar refractivity (Wildman–Crippen MR) is 117 cm³/mol. The Labute approximate surface area is 181 Å². The number of hydrogen-bond donors (Lipinski definition) is 0. The lowest BCUT2D eigenvalue weighted by Gasteiger charge is -2.24. The summed E-state index contributed by atoms with van der Waals surface area (Å²) in [6, 6.07) is 16.0. The maximum atomic E-state index is 6.18. The molecule has 0 spiro atoms. The zero-order valence-electron chi connectivity index (χ0n) is 17.0. The van der Waals surface area contributed by atoms with E-state index in [1.807, 2.05) is 48.5 Å². The molecule has 3 aromatic rings. The molecule has 1 fully saturated rings. The largest absolute Gasteiger partial charge is 0.493 e. The number of aromatic nitrogens is 1. The molecule has 30 heavy (non-hydrogen) atoms. The summed E-state index contributed by atoms with van der Waals surface area (Å²) in [7, 11) is 1.64. The van der Waals surface area contributed by atoms with E-state index in [1.54, 1.807) is 7.11 Å². The Balaban J connectivity index is 1.47. The number of anilines is 1. The molecule has 1 aromatic heterocycles. The van der Waals surface area contributed by atoms with E-state index in [-0.39, 0.29) is 0 Å². The maximum absolute atomic E-state index is 6.18. The number of nitrogens with zero attached hydrogens (tertiary/aromatic N) is 2. The molecular weight excluding hydrogens is 404 g/mol. The number of hydrogen-bond acceptors (Lipinski definition) is 6. The van der Waals surface area contributed by atoms with E-state index < -0.39 is 0 Å². The lowest BCUT2D eigenvalue weighted by Crippen LogP contribution is -2.36. The second-order valence-electron chi connectivity index (χ2n) is 6.98. The van der Waals surface area contributed by atoms with E-state index in [9.17, 15) is 0 Å². The topological polar surface area (TPSA) is 57.0 Å². The number of halogens is 1. The van der Waals surface area contributed by atoms with Crippen molar-refractivity contribution in [2.45, 2.75) is 12.8 Å². The minimum atomic E-state index is 0.550. The van der Waals surface area contributed by atoms with Gasteiger partial charge in [0.25, 0.3) is 6.01 Å². The summed E-state index contributed by atoms with van der Waals surface area (Å²) in [6.07, 6.45) is 1.50. The molecule has 6 nitrogen and oxygen atoms in total. The van der Waals surface area contributed by atoms with Gasteiger partial charge >= 0.3 is 0 Å². The molecule has 2 aromatic carbocycles. The van der Waals surface area contributed by atoms with Gasteiger partial charge in [-0.3, -0.25) is 0 Å². The van der Waals surface area contributed by atoms with Crippen molar-refractivity contribution in [3.8, 4) is 22.8 Å². The van der Waals surface area contributed by atoms with Crippen LogP contribution in [0.15, 0.2) is 52.9 Å². The van der Waals surface area contributed by atoms with Crippen LogP contribution in [0.4, 0.5) is 6.01 Å². The van der Waals surface area contributed by atoms with Gasteiger partial charge in [-0.25, -0.2) is 0 Å². The van der Waals surface area contributed by atoms with Crippen LogP contribution < -0.4 is 14.4 Å². The van der Waals surface area contributed by atoms with Crippen LogP contribution in [0.2, 0.25) is 5.02 Å². The number of aryl methyl sites for hydroxylation is 1. The summed E-state index contributed by atoms with van der Waals surface area (Å²) >= 11 is 6.06. The first-order chi connectivity index (χ1) is 14.7. The second-order valence-corrected chi connectivity index (χ2v) is 7.41. The molecular formula is C23H25ClN2O4. The highest BCUT2D eigenvalue weighted by atomic mass is 35.5. The highest BCUT2D eigenvalue weighted by Crippen LogP contribution is 2.31. The SMILES string of the molecule is COc1ccccc1OCCCc1oc(N2CCOCC2)nc1-c1ccc(Cl)cc1. The summed E-state index contributed by atoms with van der Waals surface area (Å²) in [5.41, 5.74) is 1.84. The van der Waals surface area contributed by atoms with Crippen LogP contribution in [0.3, 0.4) is 0 Å². The van der Waals surface area contributed by atoms with E-state index in [2.05, 4.69) is 4.90 Å². The molecule has 4 rings (SSSR count). The molecule has 1 aliphatic heterocycles. The molecule has 1 saturated heterocycles. The Morgan fingerprint density at radius 3 is 2.50 bits per heavy atom. The Bertz CT molecular complexity index is 952. The standard InChI is InChI=1S/C23H25ClN2O4/c1-27-19-5-2-3-6-20(19)29-14-4-7-21-22(17-8-10-18(24)11-9-17)25-23(30-21)26-12-15-28-16-13-26/h2-3,5-6,8-11H,4,7,12-16H2,1H3. The molecule has 0 amide bonds. The fraction of sp³-hybridized carbons (Fsp3) is 0.348. The Morgan fingerprint density at radius 1 is 1.03 bits per heavy atom. The van der Waals surface area contributed by atoms with Gasteiger partial charge in [-0.15, -0.1) is 0 Å². The van der Waals surface area contributed by atoms with Gasteiger partial charge in [0.05, 0.1) is 26.9 Å². The van der Waals surface area contributed by atoms with Crippen LogP contribution in [0.1, 0.15) is 12.2 Å². The third-order valence-corrected chi connectivity index (χ3v) is 5.21. The van der Waals surface area contributed by atoms with Gasteiger partial charge in [0.1, 0.15) is 11.5 Å². The Morgan fingerprint density at radius 2 is 1.77 bits per heavy atom. The number of morpholine rings is 1. The summed E-state index contributed by atoms with van der Waals surface area (Å²) < 4.78 is 22.9. The van der Waals surface area contributed by atoms with Crippen LogP contribution in [0, 0.1) is 0 Å². The van der Waals surface area contributed by atoms with Crippen molar-refractivity contribution in [3.05, 3.63) is 59.3 Å². The monoisotopic (exact) mass is 428 g/mol. The smallest absolute Gasteiger partial charge is 0.298 e. The van der Waals surface area contributed by atoms with Crippen molar-refractivity contribution < 1.29 is 18.6 Å². The normalized spacial score (nSPS) is 14.0. The van der Waals surface area contributed by atoms with E-state index in [0.717, 1.165) is 48.0 Å². The van der Waals surface area contributed by atoms with Crippen molar-refractivity contribution in [2.75, 3.05) is 44.9 Å².